The second kappa shape index (κ2) is 9.98. The molecule has 0 radical (unpaired) electrons. The van der Waals surface area contributed by atoms with Crippen molar-refractivity contribution in [2.75, 3.05) is 41.0 Å². The fraction of sp³-hybridized carbons (Fsp3) is 0.667. The van der Waals surface area contributed by atoms with E-state index in [0.717, 1.165) is 18.7 Å². The van der Waals surface area contributed by atoms with Crippen LogP contribution in [0.3, 0.4) is 0 Å². The summed E-state index contributed by atoms with van der Waals surface area (Å²) in [5.74, 6) is 2.16. The molecule has 2 atom stereocenters. The lowest BCUT2D eigenvalue weighted by atomic mass is 10.1. The third-order valence-corrected chi connectivity index (χ3v) is 5.19. The number of amides is 1. The van der Waals surface area contributed by atoms with Crippen molar-refractivity contribution in [1.82, 2.24) is 15.1 Å². The van der Waals surface area contributed by atoms with E-state index in [1.54, 1.807) is 21.3 Å². The van der Waals surface area contributed by atoms with Gasteiger partial charge in [-0.15, -0.1) is 0 Å². The van der Waals surface area contributed by atoms with Gasteiger partial charge in [-0.2, -0.15) is 0 Å². The highest BCUT2D eigenvalue weighted by Gasteiger charge is 2.41. The smallest absolute Gasteiger partial charge is 0.238 e. The fourth-order valence-electron chi connectivity index (χ4n) is 3.57. The summed E-state index contributed by atoms with van der Waals surface area (Å²) in [7, 11) is 4.86. The Labute approximate surface area is 168 Å². The molecule has 1 N–H and O–H groups in total. The molecule has 0 bridgehead atoms. The van der Waals surface area contributed by atoms with Crippen molar-refractivity contribution < 1.29 is 19.0 Å². The highest BCUT2D eigenvalue weighted by atomic mass is 16.5. The van der Waals surface area contributed by atoms with Gasteiger partial charge in [0.05, 0.1) is 26.9 Å². The van der Waals surface area contributed by atoms with Crippen LogP contribution in [0.5, 0.6) is 17.2 Å². The van der Waals surface area contributed by atoms with Gasteiger partial charge in [-0.1, -0.05) is 0 Å². The summed E-state index contributed by atoms with van der Waals surface area (Å²) in [6.07, 6.45) is 0. The summed E-state index contributed by atoms with van der Waals surface area (Å²) in [5, 5.41) is 3.07. The molecule has 1 saturated heterocycles. The number of benzene rings is 1. The number of nitrogens with zero attached hydrogens (tertiary/aromatic N) is 2. The average Bonchev–Trinajstić information content (AvgIpc) is 3.43. The minimum Gasteiger partial charge on any atom is -0.496 e. The van der Waals surface area contributed by atoms with Gasteiger partial charge >= 0.3 is 0 Å². The normalized spacial score (nSPS) is 18.5. The Kier molecular flexibility index (Phi) is 7.95. The van der Waals surface area contributed by atoms with E-state index < -0.39 is 0 Å². The lowest BCUT2D eigenvalue weighted by molar-refractivity contribution is -0.121. The van der Waals surface area contributed by atoms with Crippen LogP contribution >= 0.6 is 0 Å². The minimum absolute atomic E-state index is 0.0823. The molecule has 0 aliphatic carbocycles. The minimum atomic E-state index is -0.0944. The maximum atomic E-state index is 12.5. The topological polar surface area (TPSA) is 63.0 Å². The van der Waals surface area contributed by atoms with Gasteiger partial charge in [0.2, 0.25) is 5.91 Å². The highest BCUT2D eigenvalue weighted by Crippen LogP contribution is 2.37. The number of ether oxygens (including phenoxy) is 3. The molecule has 7 heteroatoms. The molecule has 1 aromatic carbocycles. The zero-order valence-corrected chi connectivity index (χ0v) is 18.2. The van der Waals surface area contributed by atoms with Crippen molar-refractivity contribution in [3.63, 3.8) is 0 Å². The van der Waals surface area contributed by atoms with Gasteiger partial charge in [-0.05, 0) is 27.7 Å². The third kappa shape index (κ3) is 5.52. The van der Waals surface area contributed by atoms with Crippen LogP contribution in [0.1, 0.15) is 33.3 Å². The zero-order chi connectivity index (χ0) is 20.8. The molecular formula is C21H35N3O4. The Morgan fingerprint density at radius 2 is 1.68 bits per heavy atom. The molecular weight excluding hydrogens is 358 g/mol. The number of nitrogens with one attached hydrogen (secondary N) is 1. The van der Waals surface area contributed by atoms with Crippen molar-refractivity contribution >= 4 is 5.91 Å². The Morgan fingerprint density at radius 3 is 2.14 bits per heavy atom. The standard InChI is InChI=1S/C21H35N3O4/c1-14(2)24(15(3)4)9-8-22-21(25)18-13-23(18)12-17-19(27-6)10-16(26-5)11-20(17)28-7/h10-11,14-15,18H,8-9,12-13H2,1-7H3,(H,22,25). The van der Waals surface area contributed by atoms with Crippen LogP contribution in [0.15, 0.2) is 12.1 Å². The van der Waals surface area contributed by atoms with E-state index in [1.807, 2.05) is 12.1 Å². The van der Waals surface area contributed by atoms with E-state index in [0.29, 0.717) is 42.4 Å². The van der Waals surface area contributed by atoms with Gasteiger partial charge in [-0.3, -0.25) is 14.6 Å². The molecule has 28 heavy (non-hydrogen) atoms. The average molecular weight is 394 g/mol. The summed E-state index contributed by atoms with van der Waals surface area (Å²) in [6.45, 7) is 11.6. The van der Waals surface area contributed by atoms with Gasteiger partial charge in [0, 0.05) is 50.4 Å². The van der Waals surface area contributed by atoms with Crippen molar-refractivity contribution in [2.24, 2.45) is 0 Å². The summed E-state index contributed by atoms with van der Waals surface area (Å²) in [6, 6.07) is 4.50. The molecule has 2 unspecified atom stereocenters. The SMILES string of the molecule is COc1cc(OC)c(CN2CC2C(=O)NCCN(C(C)C)C(C)C)c(OC)c1. The summed E-state index contributed by atoms with van der Waals surface area (Å²) in [5.41, 5.74) is 0.923. The van der Waals surface area contributed by atoms with Crippen molar-refractivity contribution in [3.05, 3.63) is 17.7 Å². The molecule has 0 aromatic heterocycles. The van der Waals surface area contributed by atoms with Gasteiger partial charge in [0.15, 0.2) is 0 Å². The molecule has 0 spiro atoms. The third-order valence-electron chi connectivity index (χ3n) is 5.19. The lowest BCUT2D eigenvalue weighted by Gasteiger charge is -2.30. The van der Waals surface area contributed by atoms with Crippen LogP contribution in [-0.4, -0.2) is 74.8 Å². The predicted molar refractivity (Wildman–Crippen MR) is 110 cm³/mol. The molecule has 158 valence electrons. The van der Waals surface area contributed by atoms with Crippen LogP contribution in [0.4, 0.5) is 0 Å². The molecule has 0 saturated carbocycles. The summed E-state index contributed by atoms with van der Waals surface area (Å²) < 4.78 is 16.3. The quantitative estimate of drug-likeness (QED) is 0.581. The van der Waals surface area contributed by atoms with E-state index in [9.17, 15) is 4.79 Å². The molecule has 2 rings (SSSR count). The second-order valence-electron chi connectivity index (χ2n) is 7.67. The zero-order valence-electron chi connectivity index (χ0n) is 18.2. The first-order chi connectivity index (χ1) is 13.3. The number of rotatable bonds is 11. The highest BCUT2D eigenvalue weighted by molar-refractivity contribution is 5.84. The van der Waals surface area contributed by atoms with Gasteiger partial charge in [0.25, 0.3) is 0 Å². The number of hydrogen-bond donors (Lipinski definition) is 1. The van der Waals surface area contributed by atoms with Crippen LogP contribution in [0.25, 0.3) is 0 Å². The van der Waals surface area contributed by atoms with Crippen LogP contribution in [-0.2, 0) is 11.3 Å². The van der Waals surface area contributed by atoms with Crippen molar-refractivity contribution in [2.45, 2.75) is 52.4 Å². The lowest BCUT2D eigenvalue weighted by Crippen LogP contribution is -2.43. The Hall–Kier alpha value is -1.99. The van der Waals surface area contributed by atoms with Gasteiger partial charge in [0.1, 0.15) is 23.3 Å². The van der Waals surface area contributed by atoms with Gasteiger partial charge in [-0.25, -0.2) is 0 Å². The van der Waals surface area contributed by atoms with Crippen LogP contribution in [0, 0.1) is 0 Å². The van der Waals surface area contributed by atoms with E-state index in [4.69, 9.17) is 14.2 Å². The van der Waals surface area contributed by atoms with E-state index in [-0.39, 0.29) is 11.9 Å². The molecule has 7 nitrogen and oxygen atoms in total. The fourth-order valence-corrected chi connectivity index (χ4v) is 3.57. The van der Waals surface area contributed by atoms with Crippen molar-refractivity contribution in [1.29, 1.82) is 0 Å². The molecule has 1 fully saturated rings. The van der Waals surface area contributed by atoms with E-state index in [2.05, 4.69) is 42.8 Å². The monoisotopic (exact) mass is 393 g/mol. The Bertz CT molecular complexity index is 630. The van der Waals surface area contributed by atoms with Crippen molar-refractivity contribution in [3.8, 4) is 17.2 Å². The molecule has 1 aromatic rings. The first kappa shape index (κ1) is 22.3. The molecule has 1 heterocycles. The summed E-state index contributed by atoms with van der Waals surface area (Å²) >= 11 is 0. The van der Waals surface area contributed by atoms with Crippen LogP contribution in [0.2, 0.25) is 0 Å². The van der Waals surface area contributed by atoms with E-state index in [1.165, 1.54) is 0 Å². The largest absolute Gasteiger partial charge is 0.496 e. The molecule has 1 aliphatic rings. The first-order valence-electron chi connectivity index (χ1n) is 9.88. The van der Waals surface area contributed by atoms with Gasteiger partial charge < -0.3 is 19.5 Å². The van der Waals surface area contributed by atoms with Crippen LogP contribution < -0.4 is 19.5 Å². The maximum Gasteiger partial charge on any atom is 0.238 e. The first-order valence-corrected chi connectivity index (χ1v) is 9.88. The Morgan fingerprint density at radius 1 is 1.11 bits per heavy atom. The second-order valence-corrected chi connectivity index (χ2v) is 7.67. The number of methoxy groups -OCH3 is 3. The number of carbonyl (C=O) groups is 1. The summed E-state index contributed by atoms with van der Waals surface area (Å²) in [4.78, 5) is 17.0. The molecule has 1 aliphatic heterocycles. The molecule has 1 amide bonds. The predicted octanol–water partition coefficient (Wildman–Crippen LogP) is 2.13. The maximum absolute atomic E-state index is 12.5. The van der Waals surface area contributed by atoms with E-state index >= 15 is 0 Å². The number of hydrogen-bond acceptors (Lipinski definition) is 6. The number of carbonyl (C=O) groups excluding carboxylic acids is 1. The Balaban J connectivity index is 1.91.